The van der Waals surface area contributed by atoms with Crippen LogP contribution >= 0.6 is 0 Å². The molecule has 1 atom stereocenters. The molecule has 3 nitrogen and oxygen atoms in total. The van der Waals surface area contributed by atoms with Crippen molar-refractivity contribution in [3.8, 4) is 0 Å². The first-order valence-electron chi connectivity index (χ1n) is 7.17. The minimum absolute atomic E-state index is 0.0774. The normalized spacial score (nSPS) is 21.2. The summed E-state index contributed by atoms with van der Waals surface area (Å²) in [6, 6.07) is 20.1. The molecule has 0 spiro atoms. The Balaban J connectivity index is 1.93. The minimum atomic E-state index is -0.559. The number of hydrogen-bond acceptors (Lipinski definition) is 3. The first-order chi connectivity index (χ1) is 10.1. The first-order valence-corrected chi connectivity index (χ1v) is 7.17. The van der Waals surface area contributed by atoms with Gasteiger partial charge in [0.15, 0.2) is 0 Å². The average molecular weight is 281 g/mol. The first kappa shape index (κ1) is 13.8. The molecule has 1 unspecified atom stereocenters. The molecule has 0 radical (unpaired) electrons. The molecule has 1 fully saturated rings. The fourth-order valence-electron chi connectivity index (χ4n) is 2.85. The van der Waals surface area contributed by atoms with Gasteiger partial charge in [-0.25, -0.2) is 4.79 Å². The van der Waals surface area contributed by atoms with Gasteiger partial charge >= 0.3 is 5.97 Å². The highest BCUT2D eigenvalue weighted by atomic mass is 16.7. The zero-order valence-electron chi connectivity index (χ0n) is 12.3. The molecule has 0 amide bonds. The summed E-state index contributed by atoms with van der Waals surface area (Å²) < 4.78 is 0. The Morgan fingerprint density at radius 3 is 2.19 bits per heavy atom. The number of carbonyl (C=O) groups is 1. The van der Waals surface area contributed by atoms with E-state index in [9.17, 15) is 4.79 Å². The molecule has 2 aromatic rings. The monoisotopic (exact) mass is 281 g/mol. The van der Waals surface area contributed by atoms with Gasteiger partial charge in [-0.1, -0.05) is 60.7 Å². The SMILES string of the molecule is CC1(C)C(=O)ON(Cc2ccccc2)C1c1ccccc1. The predicted octanol–water partition coefficient (Wildman–Crippen LogP) is 3.73. The van der Waals surface area contributed by atoms with Crippen molar-refractivity contribution in [3.05, 3.63) is 71.8 Å². The minimum Gasteiger partial charge on any atom is -0.366 e. The molecule has 1 saturated heterocycles. The molecule has 1 aliphatic rings. The van der Waals surface area contributed by atoms with Crippen LogP contribution in [0.3, 0.4) is 0 Å². The van der Waals surface area contributed by atoms with Crippen molar-refractivity contribution < 1.29 is 9.63 Å². The number of benzene rings is 2. The smallest absolute Gasteiger partial charge is 0.332 e. The second-order valence-electron chi connectivity index (χ2n) is 5.97. The van der Waals surface area contributed by atoms with Gasteiger partial charge in [-0.2, -0.15) is 0 Å². The standard InChI is InChI=1S/C18H19NO2/c1-18(2)16(15-11-7-4-8-12-15)19(21-17(18)20)13-14-9-5-3-6-10-14/h3-12,16H,13H2,1-2H3. The highest BCUT2D eigenvalue weighted by molar-refractivity contribution is 5.78. The van der Waals surface area contributed by atoms with Gasteiger partial charge in [0, 0.05) is 0 Å². The largest absolute Gasteiger partial charge is 0.366 e. The lowest BCUT2D eigenvalue weighted by molar-refractivity contribution is -0.179. The van der Waals surface area contributed by atoms with Crippen molar-refractivity contribution in [2.75, 3.05) is 0 Å². The molecule has 108 valence electrons. The van der Waals surface area contributed by atoms with Crippen LogP contribution in [-0.2, 0) is 16.2 Å². The van der Waals surface area contributed by atoms with Gasteiger partial charge in [0.25, 0.3) is 0 Å². The lowest BCUT2D eigenvalue weighted by Gasteiger charge is -2.27. The molecule has 1 heterocycles. The van der Waals surface area contributed by atoms with E-state index in [4.69, 9.17) is 4.84 Å². The molecule has 2 aromatic carbocycles. The van der Waals surface area contributed by atoms with Crippen molar-refractivity contribution in [2.24, 2.45) is 5.41 Å². The second kappa shape index (κ2) is 5.34. The van der Waals surface area contributed by atoms with E-state index >= 15 is 0 Å². The van der Waals surface area contributed by atoms with Crippen LogP contribution in [0.2, 0.25) is 0 Å². The summed E-state index contributed by atoms with van der Waals surface area (Å²) in [5.74, 6) is -0.174. The number of nitrogens with zero attached hydrogens (tertiary/aromatic N) is 1. The van der Waals surface area contributed by atoms with Crippen LogP contribution < -0.4 is 0 Å². The van der Waals surface area contributed by atoms with Gasteiger partial charge in [-0.3, -0.25) is 0 Å². The van der Waals surface area contributed by atoms with Gasteiger partial charge in [0.2, 0.25) is 0 Å². The molecule has 0 bridgehead atoms. The van der Waals surface area contributed by atoms with E-state index in [-0.39, 0.29) is 12.0 Å². The third-order valence-electron chi connectivity index (χ3n) is 3.99. The van der Waals surface area contributed by atoms with Gasteiger partial charge in [-0.15, -0.1) is 5.06 Å². The summed E-state index contributed by atoms with van der Waals surface area (Å²) in [4.78, 5) is 17.8. The molecule has 0 aliphatic carbocycles. The highest BCUT2D eigenvalue weighted by Crippen LogP contribution is 2.45. The van der Waals surface area contributed by atoms with E-state index < -0.39 is 5.41 Å². The van der Waals surface area contributed by atoms with Gasteiger partial charge in [0.05, 0.1) is 18.0 Å². The third kappa shape index (κ3) is 2.57. The lowest BCUT2D eigenvalue weighted by Crippen LogP contribution is -2.29. The third-order valence-corrected chi connectivity index (χ3v) is 3.99. The maximum absolute atomic E-state index is 12.2. The van der Waals surface area contributed by atoms with Gasteiger partial charge < -0.3 is 4.84 Å². The molecule has 3 rings (SSSR count). The van der Waals surface area contributed by atoms with Crippen molar-refractivity contribution in [3.63, 3.8) is 0 Å². The number of carbonyl (C=O) groups excluding carboxylic acids is 1. The number of hydrogen-bond donors (Lipinski definition) is 0. The summed E-state index contributed by atoms with van der Waals surface area (Å²) in [6.07, 6.45) is 0. The maximum atomic E-state index is 12.2. The Hall–Kier alpha value is -2.13. The van der Waals surface area contributed by atoms with E-state index in [0.717, 1.165) is 11.1 Å². The molecule has 3 heteroatoms. The lowest BCUT2D eigenvalue weighted by atomic mass is 9.81. The van der Waals surface area contributed by atoms with E-state index in [1.54, 1.807) is 5.06 Å². The molecule has 0 saturated carbocycles. The van der Waals surface area contributed by atoms with Gasteiger partial charge in [-0.05, 0) is 25.0 Å². The number of hydroxylamine groups is 2. The van der Waals surface area contributed by atoms with E-state index in [1.165, 1.54) is 0 Å². The van der Waals surface area contributed by atoms with Gasteiger partial charge in [0.1, 0.15) is 0 Å². The van der Waals surface area contributed by atoms with E-state index in [0.29, 0.717) is 6.54 Å². The van der Waals surface area contributed by atoms with Crippen molar-refractivity contribution in [2.45, 2.75) is 26.4 Å². The molecule has 1 aliphatic heterocycles. The second-order valence-corrected chi connectivity index (χ2v) is 5.97. The Morgan fingerprint density at radius 1 is 1.00 bits per heavy atom. The summed E-state index contributed by atoms with van der Waals surface area (Å²) in [7, 11) is 0. The summed E-state index contributed by atoms with van der Waals surface area (Å²) in [5.41, 5.74) is 1.67. The van der Waals surface area contributed by atoms with Crippen LogP contribution in [0, 0.1) is 5.41 Å². The van der Waals surface area contributed by atoms with Crippen LogP contribution in [0.1, 0.15) is 31.0 Å². The van der Waals surface area contributed by atoms with Crippen molar-refractivity contribution in [1.82, 2.24) is 5.06 Å². The summed E-state index contributed by atoms with van der Waals surface area (Å²) >= 11 is 0. The van der Waals surface area contributed by atoms with Crippen LogP contribution in [0.4, 0.5) is 0 Å². The van der Waals surface area contributed by atoms with Crippen molar-refractivity contribution >= 4 is 5.97 Å². The van der Waals surface area contributed by atoms with Crippen LogP contribution in [0.25, 0.3) is 0 Å². The zero-order chi connectivity index (χ0) is 14.9. The van der Waals surface area contributed by atoms with E-state index in [2.05, 4.69) is 0 Å². The molecule has 21 heavy (non-hydrogen) atoms. The highest BCUT2D eigenvalue weighted by Gasteiger charge is 2.50. The number of rotatable bonds is 3. The Morgan fingerprint density at radius 2 is 1.57 bits per heavy atom. The fraction of sp³-hybridized carbons (Fsp3) is 0.278. The predicted molar refractivity (Wildman–Crippen MR) is 81.0 cm³/mol. The molecular formula is C18H19NO2. The molecular weight excluding hydrogens is 262 g/mol. The van der Waals surface area contributed by atoms with Crippen LogP contribution in [0.15, 0.2) is 60.7 Å². The fourth-order valence-corrected chi connectivity index (χ4v) is 2.85. The van der Waals surface area contributed by atoms with Crippen molar-refractivity contribution in [1.29, 1.82) is 0 Å². The van der Waals surface area contributed by atoms with Crippen LogP contribution in [0.5, 0.6) is 0 Å². The average Bonchev–Trinajstić information content (AvgIpc) is 2.70. The van der Waals surface area contributed by atoms with E-state index in [1.807, 2.05) is 74.5 Å². The Labute approximate surface area is 125 Å². The Kier molecular flexibility index (Phi) is 3.52. The summed E-state index contributed by atoms with van der Waals surface area (Å²) in [5, 5.41) is 1.80. The summed E-state index contributed by atoms with van der Waals surface area (Å²) in [6.45, 7) is 4.48. The molecule has 0 N–H and O–H groups in total. The molecule has 0 aromatic heterocycles. The Bertz CT molecular complexity index is 622. The topological polar surface area (TPSA) is 29.5 Å². The quantitative estimate of drug-likeness (QED) is 0.858. The maximum Gasteiger partial charge on any atom is 0.332 e. The zero-order valence-corrected chi connectivity index (χ0v) is 12.3. The van der Waals surface area contributed by atoms with Crippen LogP contribution in [-0.4, -0.2) is 11.0 Å².